The van der Waals surface area contributed by atoms with Gasteiger partial charge in [0.15, 0.2) is 5.78 Å². The maximum atomic E-state index is 12.1. The first kappa shape index (κ1) is 12.0. The summed E-state index contributed by atoms with van der Waals surface area (Å²) >= 11 is 1.43. The van der Waals surface area contributed by atoms with Crippen molar-refractivity contribution in [3.63, 3.8) is 0 Å². The number of benzene rings is 1. The zero-order valence-corrected chi connectivity index (χ0v) is 10.9. The van der Waals surface area contributed by atoms with Gasteiger partial charge in [-0.1, -0.05) is 36.5 Å². The first-order valence-electron chi connectivity index (χ1n) is 5.90. The Labute approximate surface area is 115 Å². The number of anilines is 1. The Morgan fingerprint density at radius 2 is 2.16 bits per heavy atom. The number of amides is 1. The largest absolute Gasteiger partial charge is 0.293 e. The van der Waals surface area contributed by atoms with Crippen LogP contribution in [-0.4, -0.2) is 11.7 Å². The topological polar surface area (TPSA) is 37.4 Å². The molecule has 2 aliphatic rings. The second kappa shape index (κ2) is 4.55. The molecule has 0 bridgehead atoms. The predicted octanol–water partition coefficient (Wildman–Crippen LogP) is 3.05. The Kier molecular flexibility index (Phi) is 2.87. The van der Waals surface area contributed by atoms with Crippen LogP contribution in [-0.2, 0) is 9.59 Å². The maximum Gasteiger partial charge on any atom is 0.255 e. The van der Waals surface area contributed by atoms with E-state index in [4.69, 9.17) is 0 Å². The molecule has 0 unspecified atom stereocenters. The van der Waals surface area contributed by atoms with Crippen molar-refractivity contribution in [1.82, 2.24) is 0 Å². The van der Waals surface area contributed by atoms with Gasteiger partial charge in [-0.15, -0.1) is 0 Å². The van der Waals surface area contributed by atoms with E-state index in [1.54, 1.807) is 11.0 Å². The van der Waals surface area contributed by atoms with Crippen molar-refractivity contribution in [3.05, 3.63) is 59.7 Å². The van der Waals surface area contributed by atoms with Crippen LogP contribution in [0.4, 0.5) is 5.69 Å². The molecule has 1 aliphatic heterocycles. The maximum absolute atomic E-state index is 12.1. The Hall–Kier alpha value is -2.07. The molecule has 3 rings (SSSR count). The number of nitrogens with zero attached hydrogens (tertiary/aromatic N) is 1. The molecule has 1 heterocycles. The Morgan fingerprint density at radius 3 is 2.95 bits per heavy atom. The molecule has 1 aromatic rings. The highest BCUT2D eigenvalue weighted by Crippen LogP contribution is 2.45. The number of allylic oxidation sites excluding steroid dienone is 3. The molecule has 0 atom stereocenters. The molecule has 1 amide bonds. The Morgan fingerprint density at radius 1 is 1.37 bits per heavy atom. The summed E-state index contributed by atoms with van der Waals surface area (Å²) < 4.78 is 0. The minimum Gasteiger partial charge on any atom is -0.293 e. The van der Waals surface area contributed by atoms with E-state index in [1.165, 1.54) is 17.8 Å². The summed E-state index contributed by atoms with van der Waals surface area (Å²) in [6.07, 6.45) is 5.29. The highest BCUT2D eigenvalue weighted by Gasteiger charge is 2.31. The van der Waals surface area contributed by atoms with E-state index in [-0.39, 0.29) is 11.7 Å². The average molecular weight is 269 g/mol. The third-order valence-corrected chi connectivity index (χ3v) is 4.23. The van der Waals surface area contributed by atoms with Crippen LogP contribution in [0.25, 0.3) is 0 Å². The van der Waals surface area contributed by atoms with Gasteiger partial charge in [0.2, 0.25) is 0 Å². The van der Waals surface area contributed by atoms with Gasteiger partial charge in [0.25, 0.3) is 5.91 Å². The second-order valence-electron chi connectivity index (χ2n) is 4.19. The smallest absolute Gasteiger partial charge is 0.255 e. The summed E-state index contributed by atoms with van der Waals surface area (Å²) in [6, 6.07) is 7.57. The van der Waals surface area contributed by atoms with Crippen molar-refractivity contribution < 1.29 is 9.59 Å². The molecule has 4 heteroatoms. The average Bonchev–Trinajstić information content (AvgIpc) is 2.45. The van der Waals surface area contributed by atoms with Crippen LogP contribution >= 0.6 is 11.8 Å². The van der Waals surface area contributed by atoms with Crippen LogP contribution in [0.2, 0.25) is 0 Å². The van der Waals surface area contributed by atoms with E-state index in [0.29, 0.717) is 17.0 Å². The third-order valence-electron chi connectivity index (χ3n) is 3.02. The minimum absolute atomic E-state index is 0.0545. The number of thioether (sulfide) groups is 1. The van der Waals surface area contributed by atoms with Crippen LogP contribution in [0.15, 0.2) is 64.6 Å². The fraction of sp³-hybridized carbons (Fsp3) is 0.0667. The van der Waals surface area contributed by atoms with Gasteiger partial charge in [-0.05, 0) is 24.3 Å². The van der Waals surface area contributed by atoms with E-state index < -0.39 is 0 Å². The van der Waals surface area contributed by atoms with Gasteiger partial charge in [-0.25, -0.2) is 0 Å². The van der Waals surface area contributed by atoms with E-state index >= 15 is 0 Å². The van der Waals surface area contributed by atoms with Crippen molar-refractivity contribution in [2.75, 3.05) is 4.90 Å². The molecular weight excluding hydrogens is 258 g/mol. The van der Waals surface area contributed by atoms with Crippen molar-refractivity contribution in [2.45, 2.75) is 11.3 Å². The zero-order chi connectivity index (χ0) is 13.4. The second-order valence-corrected chi connectivity index (χ2v) is 5.24. The molecule has 0 aromatic heterocycles. The van der Waals surface area contributed by atoms with Crippen LogP contribution in [0, 0.1) is 0 Å². The van der Waals surface area contributed by atoms with E-state index in [1.807, 2.05) is 30.3 Å². The molecule has 0 radical (unpaired) electrons. The van der Waals surface area contributed by atoms with Gasteiger partial charge in [0.1, 0.15) is 0 Å². The quantitative estimate of drug-likeness (QED) is 0.735. The molecule has 1 aromatic carbocycles. The summed E-state index contributed by atoms with van der Waals surface area (Å²) in [5, 5.41) is 0. The lowest BCUT2D eigenvalue weighted by atomic mass is 10.1. The highest BCUT2D eigenvalue weighted by molar-refractivity contribution is 8.04. The summed E-state index contributed by atoms with van der Waals surface area (Å²) in [5.74, 6) is -0.168. The van der Waals surface area contributed by atoms with Crippen LogP contribution < -0.4 is 4.90 Å². The number of rotatable bonds is 1. The van der Waals surface area contributed by atoms with E-state index in [2.05, 4.69) is 6.58 Å². The molecular formula is C15H11NO2S. The highest BCUT2D eigenvalue weighted by atomic mass is 32.2. The third kappa shape index (κ3) is 1.85. The van der Waals surface area contributed by atoms with Crippen molar-refractivity contribution >= 4 is 29.1 Å². The van der Waals surface area contributed by atoms with Gasteiger partial charge in [0, 0.05) is 11.3 Å². The molecule has 0 spiro atoms. The molecule has 0 saturated heterocycles. The van der Waals surface area contributed by atoms with Crippen LogP contribution in [0.5, 0.6) is 0 Å². The molecule has 0 saturated carbocycles. The van der Waals surface area contributed by atoms with Crippen LogP contribution in [0.3, 0.4) is 0 Å². The number of ketones is 1. The van der Waals surface area contributed by atoms with Crippen molar-refractivity contribution in [2.24, 2.45) is 0 Å². The Bertz CT molecular complexity index is 658. The minimum atomic E-state index is -0.223. The fourth-order valence-corrected chi connectivity index (χ4v) is 3.26. The normalized spacial score (nSPS) is 17.1. The summed E-state index contributed by atoms with van der Waals surface area (Å²) in [7, 11) is 0. The summed E-state index contributed by atoms with van der Waals surface area (Å²) in [5.41, 5.74) is 1.46. The molecule has 19 heavy (non-hydrogen) atoms. The number of para-hydroxylation sites is 1. The lowest BCUT2D eigenvalue weighted by molar-refractivity contribution is -0.114. The first-order valence-corrected chi connectivity index (χ1v) is 6.71. The summed E-state index contributed by atoms with van der Waals surface area (Å²) in [4.78, 5) is 27.2. The van der Waals surface area contributed by atoms with Crippen molar-refractivity contribution in [1.29, 1.82) is 0 Å². The number of carbonyl (C=O) groups excluding carboxylic acids is 2. The van der Waals surface area contributed by atoms with Gasteiger partial charge in [-0.3, -0.25) is 14.5 Å². The van der Waals surface area contributed by atoms with Gasteiger partial charge < -0.3 is 0 Å². The number of fused-ring (bicyclic) bond motifs is 1. The van der Waals surface area contributed by atoms with Crippen molar-refractivity contribution in [3.8, 4) is 0 Å². The number of hydrogen-bond acceptors (Lipinski definition) is 3. The number of Topliss-reactive ketones (excluding diaryl/α,β-unsaturated/α-hetero) is 1. The fourth-order valence-electron chi connectivity index (χ4n) is 2.17. The lowest BCUT2D eigenvalue weighted by Crippen LogP contribution is -2.32. The monoisotopic (exact) mass is 269 g/mol. The van der Waals surface area contributed by atoms with E-state index in [9.17, 15) is 9.59 Å². The SMILES string of the molecule is C=CC(=O)N1C2=C(Sc3ccccc31)C(=O)CC=C2. The van der Waals surface area contributed by atoms with E-state index in [0.717, 1.165) is 10.6 Å². The first-order chi connectivity index (χ1) is 9.22. The Balaban J connectivity index is 2.22. The van der Waals surface area contributed by atoms with Gasteiger partial charge in [-0.2, -0.15) is 0 Å². The lowest BCUT2D eigenvalue weighted by Gasteiger charge is -2.32. The number of carbonyl (C=O) groups is 2. The molecule has 94 valence electrons. The van der Waals surface area contributed by atoms with Gasteiger partial charge in [0.05, 0.1) is 16.3 Å². The van der Waals surface area contributed by atoms with Crippen LogP contribution in [0.1, 0.15) is 6.42 Å². The molecule has 0 fully saturated rings. The molecule has 3 nitrogen and oxygen atoms in total. The zero-order valence-electron chi connectivity index (χ0n) is 10.1. The standard InChI is InChI=1S/C15H11NO2S/c1-2-14(18)16-10-6-3-4-9-13(10)19-15-11(16)7-5-8-12(15)17/h2-7,9H,1,8H2. The summed E-state index contributed by atoms with van der Waals surface area (Å²) in [6.45, 7) is 3.54. The molecule has 0 N–H and O–H groups in total. The molecule has 1 aliphatic carbocycles. The van der Waals surface area contributed by atoms with Gasteiger partial charge >= 0.3 is 0 Å². The number of hydrogen-bond donors (Lipinski definition) is 0. The predicted molar refractivity (Wildman–Crippen MR) is 75.8 cm³/mol.